The third-order valence-electron chi connectivity index (χ3n) is 4.50. The summed E-state index contributed by atoms with van der Waals surface area (Å²) in [4.78, 5) is 24.3. The maximum atomic E-state index is 12.0. The zero-order valence-corrected chi connectivity index (χ0v) is 14.8. The number of hydrogen-bond donors (Lipinski definition) is 2. The topological polar surface area (TPSA) is 135 Å². The van der Waals surface area contributed by atoms with Crippen LogP contribution in [0.5, 0.6) is 0 Å². The van der Waals surface area contributed by atoms with Crippen LogP contribution in [0.1, 0.15) is 18.2 Å². The van der Waals surface area contributed by atoms with Crippen molar-refractivity contribution in [2.24, 2.45) is 0 Å². The molecule has 1 fully saturated rings. The van der Waals surface area contributed by atoms with Gasteiger partial charge in [-0.2, -0.15) is 0 Å². The van der Waals surface area contributed by atoms with E-state index in [1.165, 1.54) is 12.7 Å². The van der Waals surface area contributed by atoms with Crippen LogP contribution in [-0.2, 0) is 20.8 Å². The van der Waals surface area contributed by atoms with E-state index in [-0.39, 0.29) is 19.0 Å². The number of rotatable bonds is 5. The second-order valence-corrected chi connectivity index (χ2v) is 6.31. The maximum Gasteiger partial charge on any atom is 0.508 e. The SMILES string of the molecule is Nc1ncnc2c1ncn2[C@@H]1C[C@H](OC(=O)OCc2ccccc2)[C@@H](CO)O1. The number of nitrogens with two attached hydrogens (primary N) is 1. The summed E-state index contributed by atoms with van der Waals surface area (Å²) < 4.78 is 18.0. The summed E-state index contributed by atoms with van der Waals surface area (Å²) in [7, 11) is 0. The number of ether oxygens (including phenoxy) is 3. The number of nitrogen functional groups attached to an aromatic ring is 1. The fourth-order valence-corrected chi connectivity index (χ4v) is 3.11. The minimum Gasteiger partial charge on any atom is -0.429 e. The number of aromatic nitrogens is 4. The molecular weight excluding hydrogens is 366 g/mol. The van der Waals surface area contributed by atoms with Crippen LogP contribution in [0.4, 0.5) is 10.6 Å². The molecule has 3 aromatic rings. The molecule has 3 heterocycles. The first-order valence-corrected chi connectivity index (χ1v) is 8.72. The Labute approximate surface area is 159 Å². The Morgan fingerprint density at radius 1 is 1.29 bits per heavy atom. The molecule has 0 spiro atoms. The molecule has 2 aromatic heterocycles. The van der Waals surface area contributed by atoms with Crippen LogP contribution in [0.3, 0.4) is 0 Å². The van der Waals surface area contributed by atoms with Gasteiger partial charge in [0, 0.05) is 6.42 Å². The molecule has 0 amide bonds. The van der Waals surface area contributed by atoms with E-state index in [4.69, 9.17) is 19.9 Å². The number of hydrogen-bond acceptors (Lipinski definition) is 9. The number of carbonyl (C=O) groups is 1. The molecule has 1 saturated heterocycles. The summed E-state index contributed by atoms with van der Waals surface area (Å²) in [5.41, 5.74) is 7.61. The molecule has 0 saturated carbocycles. The number of aliphatic hydroxyl groups excluding tert-OH is 1. The summed E-state index contributed by atoms with van der Waals surface area (Å²) in [6.45, 7) is -0.209. The Hall–Kier alpha value is -3.24. The standard InChI is InChI=1S/C18H19N5O5/c19-16-15-17(21-9-20-16)23(10-22-15)14-6-12(13(7-24)27-14)28-18(25)26-8-11-4-2-1-3-5-11/h1-5,9-10,12-14,24H,6-8H2,(H2,19,20,21)/t12-,13+,14-/m0/s1. The van der Waals surface area contributed by atoms with E-state index in [9.17, 15) is 9.90 Å². The number of fused-ring (bicyclic) bond motifs is 1. The van der Waals surface area contributed by atoms with Gasteiger partial charge < -0.3 is 25.1 Å². The van der Waals surface area contributed by atoms with Crippen LogP contribution in [0.2, 0.25) is 0 Å². The number of nitrogens with zero attached hydrogens (tertiary/aromatic N) is 4. The second-order valence-electron chi connectivity index (χ2n) is 6.31. The van der Waals surface area contributed by atoms with Gasteiger partial charge in [0.15, 0.2) is 11.5 Å². The van der Waals surface area contributed by atoms with Crippen molar-refractivity contribution in [1.82, 2.24) is 19.5 Å². The third kappa shape index (κ3) is 3.59. The third-order valence-corrected chi connectivity index (χ3v) is 4.50. The highest BCUT2D eigenvalue weighted by atomic mass is 16.7. The smallest absolute Gasteiger partial charge is 0.429 e. The molecule has 4 rings (SSSR count). The molecule has 10 nitrogen and oxygen atoms in total. The first-order valence-electron chi connectivity index (χ1n) is 8.72. The molecule has 146 valence electrons. The van der Waals surface area contributed by atoms with Crippen LogP contribution < -0.4 is 5.73 Å². The van der Waals surface area contributed by atoms with Crippen LogP contribution >= 0.6 is 0 Å². The van der Waals surface area contributed by atoms with Crippen molar-refractivity contribution in [2.75, 3.05) is 12.3 Å². The number of carbonyl (C=O) groups excluding carboxylic acids is 1. The van der Waals surface area contributed by atoms with Crippen molar-refractivity contribution in [1.29, 1.82) is 0 Å². The molecule has 3 atom stereocenters. The Kier molecular flexibility index (Phi) is 5.04. The van der Waals surface area contributed by atoms with Gasteiger partial charge in [0.1, 0.15) is 36.9 Å². The summed E-state index contributed by atoms with van der Waals surface area (Å²) in [6, 6.07) is 9.27. The van der Waals surface area contributed by atoms with Crippen LogP contribution in [0.15, 0.2) is 43.0 Å². The van der Waals surface area contributed by atoms with E-state index in [1.54, 1.807) is 4.57 Å². The molecule has 0 radical (unpaired) electrons. The Bertz CT molecular complexity index is 963. The fourth-order valence-electron chi connectivity index (χ4n) is 3.11. The highest BCUT2D eigenvalue weighted by molar-refractivity contribution is 5.81. The molecule has 1 aromatic carbocycles. The molecule has 3 N–H and O–H groups in total. The monoisotopic (exact) mass is 385 g/mol. The van der Waals surface area contributed by atoms with Crippen LogP contribution in [0, 0.1) is 0 Å². The van der Waals surface area contributed by atoms with Gasteiger partial charge in [-0.1, -0.05) is 30.3 Å². The highest BCUT2D eigenvalue weighted by Gasteiger charge is 2.39. The van der Waals surface area contributed by atoms with Gasteiger partial charge in [-0.3, -0.25) is 4.57 Å². The Morgan fingerprint density at radius 3 is 2.89 bits per heavy atom. The van der Waals surface area contributed by atoms with E-state index in [2.05, 4.69) is 15.0 Å². The summed E-state index contributed by atoms with van der Waals surface area (Å²) >= 11 is 0. The van der Waals surface area contributed by atoms with Gasteiger partial charge in [0.2, 0.25) is 0 Å². The first-order chi connectivity index (χ1) is 13.7. The lowest BCUT2D eigenvalue weighted by Gasteiger charge is -2.16. The van der Waals surface area contributed by atoms with Crippen LogP contribution in [0.25, 0.3) is 11.2 Å². The molecular formula is C18H19N5O5. The van der Waals surface area contributed by atoms with Crippen molar-refractivity contribution in [3.8, 4) is 0 Å². The molecule has 0 bridgehead atoms. The average molecular weight is 385 g/mol. The quantitative estimate of drug-likeness (QED) is 0.625. The molecule has 10 heteroatoms. The first kappa shape index (κ1) is 18.1. The van der Waals surface area contributed by atoms with E-state index >= 15 is 0 Å². The van der Waals surface area contributed by atoms with Gasteiger partial charge in [0.05, 0.1) is 12.9 Å². The van der Waals surface area contributed by atoms with Gasteiger partial charge >= 0.3 is 6.16 Å². The minimum absolute atomic E-state index is 0.100. The van der Waals surface area contributed by atoms with Crippen molar-refractivity contribution in [3.63, 3.8) is 0 Å². The largest absolute Gasteiger partial charge is 0.508 e. The second kappa shape index (κ2) is 7.79. The maximum absolute atomic E-state index is 12.0. The van der Waals surface area contributed by atoms with E-state index in [0.717, 1.165) is 5.56 Å². The van der Waals surface area contributed by atoms with E-state index in [1.807, 2.05) is 30.3 Å². The molecule has 1 aliphatic heterocycles. The van der Waals surface area contributed by atoms with Crippen molar-refractivity contribution < 1.29 is 24.1 Å². The van der Waals surface area contributed by atoms with E-state index in [0.29, 0.717) is 17.6 Å². The Balaban J connectivity index is 1.42. The highest BCUT2D eigenvalue weighted by Crippen LogP contribution is 2.33. The lowest BCUT2D eigenvalue weighted by molar-refractivity contribution is -0.0564. The van der Waals surface area contributed by atoms with Crippen molar-refractivity contribution >= 4 is 23.1 Å². The lowest BCUT2D eigenvalue weighted by atomic mass is 10.2. The van der Waals surface area contributed by atoms with Gasteiger partial charge in [-0.15, -0.1) is 0 Å². The predicted molar refractivity (Wildman–Crippen MR) is 96.8 cm³/mol. The predicted octanol–water partition coefficient (Wildman–Crippen LogP) is 1.41. The minimum atomic E-state index is -0.821. The number of imidazole rings is 1. The normalized spacial score (nSPS) is 21.7. The summed E-state index contributed by atoms with van der Waals surface area (Å²) in [5, 5.41) is 9.60. The lowest BCUT2D eigenvalue weighted by Crippen LogP contribution is -2.30. The fraction of sp³-hybridized carbons (Fsp3) is 0.333. The van der Waals surface area contributed by atoms with Gasteiger partial charge in [-0.25, -0.2) is 19.7 Å². The van der Waals surface area contributed by atoms with Gasteiger partial charge in [0.25, 0.3) is 0 Å². The summed E-state index contributed by atoms with van der Waals surface area (Å²) in [6.07, 6.45) is 0.470. The van der Waals surface area contributed by atoms with E-state index < -0.39 is 24.6 Å². The van der Waals surface area contributed by atoms with Crippen molar-refractivity contribution in [2.45, 2.75) is 31.5 Å². The van der Waals surface area contributed by atoms with Crippen LogP contribution in [-0.4, -0.2) is 49.6 Å². The number of benzene rings is 1. The zero-order chi connectivity index (χ0) is 19.5. The Morgan fingerprint density at radius 2 is 2.11 bits per heavy atom. The number of anilines is 1. The van der Waals surface area contributed by atoms with Gasteiger partial charge in [-0.05, 0) is 5.56 Å². The van der Waals surface area contributed by atoms with Crippen molar-refractivity contribution in [3.05, 3.63) is 48.5 Å². The molecule has 1 aliphatic rings. The molecule has 0 aliphatic carbocycles. The average Bonchev–Trinajstić information content (AvgIpc) is 3.32. The molecule has 28 heavy (non-hydrogen) atoms. The zero-order valence-electron chi connectivity index (χ0n) is 14.8. The molecule has 0 unspecified atom stereocenters. The summed E-state index contributed by atoms with van der Waals surface area (Å²) in [5.74, 6) is 0.262. The number of aliphatic hydroxyl groups is 1.